The van der Waals surface area contributed by atoms with Crippen LogP contribution in [0.2, 0.25) is 5.02 Å². The third kappa shape index (κ3) is 3.92. The van der Waals surface area contributed by atoms with Crippen molar-refractivity contribution in [1.29, 1.82) is 0 Å². The standard InChI is InChI=1S/C20H19ClF2N2O2/c21-16-9-13(1-3-17(16)23)15-10-14(22)2-4-18(15)24-20(26)27-19-11-25-7-5-12(19)6-8-25/h1-4,9-10,12,19H,5-8,11H2,(H,24,26)/t19-/m0/s1. The lowest BCUT2D eigenvalue weighted by molar-refractivity contribution is -0.0289. The predicted octanol–water partition coefficient (Wildman–Crippen LogP) is 4.93. The van der Waals surface area contributed by atoms with Gasteiger partial charge in [0.05, 0.1) is 10.7 Å². The van der Waals surface area contributed by atoms with Crippen LogP contribution < -0.4 is 5.32 Å². The molecule has 0 unspecified atom stereocenters. The van der Waals surface area contributed by atoms with E-state index in [4.69, 9.17) is 16.3 Å². The van der Waals surface area contributed by atoms with E-state index in [0.29, 0.717) is 22.7 Å². The summed E-state index contributed by atoms with van der Waals surface area (Å²) < 4.78 is 32.8. The van der Waals surface area contributed by atoms with E-state index in [-0.39, 0.29) is 11.1 Å². The average molecular weight is 393 g/mol. The number of piperidine rings is 3. The fourth-order valence-corrected chi connectivity index (χ4v) is 4.03. The third-order valence-corrected chi connectivity index (χ3v) is 5.59. The SMILES string of the molecule is O=C(Nc1ccc(F)cc1-c1ccc(F)c(Cl)c1)O[C@H]1CN2CCC1CC2. The van der Waals surface area contributed by atoms with Crippen LogP contribution in [0.1, 0.15) is 12.8 Å². The first kappa shape index (κ1) is 18.2. The van der Waals surface area contributed by atoms with E-state index in [0.717, 1.165) is 32.5 Å². The highest BCUT2D eigenvalue weighted by atomic mass is 35.5. The van der Waals surface area contributed by atoms with E-state index < -0.39 is 17.7 Å². The summed E-state index contributed by atoms with van der Waals surface area (Å²) in [4.78, 5) is 14.7. The van der Waals surface area contributed by atoms with Gasteiger partial charge in [0.25, 0.3) is 0 Å². The molecule has 1 amide bonds. The Bertz CT molecular complexity index is 869. The van der Waals surface area contributed by atoms with Crippen LogP contribution in [0.3, 0.4) is 0 Å². The number of hydrogen-bond acceptors (Lipinski definition) is 3. The lowest BCUT2D eigenvalue weighted by Crippen LogP contribution is -2.52. The normalized spacial score (nSPS) is 23.9. The predicted molar refractivity (Wildman–Crippen MR) is 99.9 cm³/mol. The fraction of sp³-hybridized carbons (Fsp3) is 0.350. The number of ether oxygens (including phenoxy) is 1. The Kier molecular flexibility index (Phi) is 5.02. The number of carbonyl (C=O) groups is 1. The monoisotopic (exact) mass is 392 g/mol. The molecule has 4 nitrogen and oxygen atoms in total. The van der Waals surface area contributed by atoms with Crippen LogP contribution in [-0.2, 0) is 4.74 Å². The molecule has 0 aromatic heterocycles. The Balaban J connectivity index is 1.53. The second-order valence-corrected chi connectivity index (χ2v) is 7.43. The number of carbonyl (C=O) groups excluding carboxylic acids is 1. The Morgan fingerprint density at radius 2 is 1.93 bits per heavy atom. The van der Waals surface area contributed by atoms with Gasteiger partial charge in [0.1, 0.15) is 17.7 Å². The molecule has 0 spiro atoms. The lowest BCUT2D eigenvalue weighted by Gasteiger charge is -2.43. The molecule has 3 aliphatic heterocycles. The average Bonchev–Trinajstić information content (AvgIpc) is 2.66. The molecule has 5 rings (SSSR count). The number of hydrogen-bond donors (Lipinski definition) is 1. The van der Waals surface area contributed by atoms with Crippen molar-refractivity contribution >= 4 is 23.4 Å². The largest absolute Gasteiger partial charge is 0.444 e. The molecule has 27 heavy (non-hydrogen) atoms. The quantitative estimate of drug-likeness (QED) is 0.805. The first-order chi connectivity index (χ1) is 13.0. The first-order valence-electron chi connectivity index (χ1n) is 8.94. The molecule has 1 atom stereocenters. The van der Waals surface area contributed by atoms with E-state index >= 15 is 0 Å². The van der Waals surface area contributed by atoms with Gasteiger partial charge in [-0.25, -0.2) is 13.6 Å². The van der Waals surface area contributed by atoms with Gasteiger partial charge >= 0.3 is 6.09 Å². The number of amides is 1. The van der Waals surface area contributed by atoms with Crippen molar-refractivity contribution in [3.8, 4) is 11.1 Å². The highest BCUT2D eigenvalue weighted by Crippen LogP contribution is 2.33. The summed E-state index contributed by atoms with van der Waals surface area (Å²) in [7, 11) is 0. The Labute approximate surface area is 161 Å². The van der Waals surface area contributed by atoms with Crippen molar-refractivity contribution < 1.29 is 18.3 Å². The zero-order valence-corrected chi connectivity index (χ0v) is 15.3. The van der Waals surface area contributed by atoms with E-state index in [9.17, 15) is 13.6 Å². The Morgan fingerprint density at radius 1 is 1.15 bits per heavy atom. The summed E-state index contributed by atoms with van der Waals surface area (Å²) in [5, 5.41) is 2.62. The maximum atomic E-state index is 13.8. The Morgan fingerprint density at radius 3 is 2.59 bits per heavy atom. The summed E-state index contributed by atoms with van der Waals surface area (Å²) in [6.07, 6.45) is 1.37. The summed E-state index contributed by atoms with van der Waals surface area (Å²) in [6, 6.07) is 8.07. The van der Waals surface area contributed by atoms with Crippen molar-refractivity contribution in [3.63, 3.8) is 0 Å². The van der Waals surface area contributed by atoms with Gasteiger partial charge in [0, 0.05) is 12.1 Å². The van der Waals surface area contributed by atoms with Crippen LogP contribution in [0.5, 0.6) is 0 Å². The van der Waals surface area contributed by atoms with Gasteiger partial charge in [-0.15, -0.1) is 0 Å². The van der Waals surface area contributed by atoms with Gasteiger partial charge in [-0.05, 0) is 67.7 Å². The lowest BCUT2D eigenvalue weighted by atomic mass is 9.86. The summed E-state index contributed by atoms with van der Waals surface area (Å²) in [5.74, 6) is -0.640. The number of benzene rings is 2. The third-order valence-electron chi connectivity index (χ3n) is 5.30. The van der Waals surface area contributed by atoms with Crippen molar-refractivity contribution in [1.82, 2.24) is 4.90 Å². The van der Waals surface area contributed by atoms with E-state index in [1.807, 2.05) is 0 Å². The molecule has 3 aliphatic rings. The molecule has 2 aromatic rings. The van der Waals surface area contributed by atoms with Crippen LogP contribution in [0.25, 0.3) is 11.1 Å². The number of nitrogens with one attached hydrogen (secondary N) is 1. The molecule has 3 saturated heterocycles. The topological polar surface area (TPSA) is 41.6 Å². The van der Waals surface area contributed by atoms with Crippen molar-refractivity contribution in [2.45, 2.75) is 18.9 Å². The van der Waals surface area contributed by atoms with Gasteiger partial charge < -0.3 is 4.74 Å². The van der Waals surface area contributed by atoms with Gasteiger partial charge in [-0.1, -0.05) is 17.7 Å². The molecule has 3 fully saturated rings. The number of nitrogens with zero attached hydrogens (tertiary/aromatic N) is 1. The van der Waals surface area contributed by atoms with Crippen molar-refractivity contribution in [3.05, 3.63) is 53.1 Å². The minimum atomic E-state index is -0.574. The molecule has 2 bridgehead atoms. The molecule has 142 valence electrons. The van der Waals surface area contributed by atoms with E-state index in [1.54, 1.807) is 0 Å². The second-order valence-electron chi connectivity index (χ2n) is 7.03. The summed E-state index contributed by atoms with van der Waals surface area (Å²) >= 11 is 5.84. The zero-order chi connectivity index (χ0) is 19.0. The molecule has 0 radical (unpaired) electrons. The Hall–Kier alpha value is -2.18. The van der Waals surface area contributed by atoms with Crippen LogP contribution in [0.4, 0.5) is 19.3 Å². The highest BCUT2D eigenvalue weighted by Gasteiger charge is 2.36. The number of rotatable bonds is 3. The fourth-order valence-electron chi connectivity index (χ4n) is 3.85. The molecular formula is C20H19ClF2N2O2. The summed E-state index contributed by atoms with van der Waals surface area (Å²) in [6.45, 7) is 2.86. The minimum Gasteiger partial charge on any atom is -0.444 e. The molecular weight excluding hydrogens is 374 g/mol. The maximum absolute atomic E-state index is 13.8. The molecule has 7 heteroatoms. The molecule has 0 aliphatic carbocycles. The van der Waals surface area contributed by atoms with Crippen LogP contribution in [-0.4, -0.2) is 36.7 Å². The zero-order valence-electron chi connectivity index (χ0n) is 14.6. The minimum absolute atomic E-state index is 0.0717. The first-order valence-corrected chi connectivity index (χ1v) is 9.32. The highest BCUT2D eigenvalue weighted by molar-refractivity contribution is 6.31. The van der Waals surface area contributed by atoms with Gasteiger partial charge in [-0.3, -0.25) is 10.2 Å². The molecule has 1 N–H and O–H groups in total. The van der Waals surface area contributed by atoms with Crippen LogP contribution in [0, 0.1) is 17.6 Å². The van der Waals surface area contributed by atoms with E-state index in [1.165, 1.54) is 36.4 Å². The summed E-state index contributed by atoms with van der Waals surface area (Å²) in [5.41, 5.74) is 1.28. The second kappa shape index (κ2) is 7.44. The van der Waals surface area contributed by atoms with Gasteiger partial charge in [-0.2, -0.15) is 0 Å². The maximum Gasteiger partial charge on any atom is 0.411 e. The van der Waals surface area contributed by atoms with Gasteiger partial charge in [0.2, 0.25) is 0 Å². The van der Waals surface area contributed by atoms with Gasteiger partial charge in [0.15, 0.2) is 0 Å². The number of halogens is 3. The van der Waals surface area contributed by atoms with Crippen molar-refractivity contribution in [2.24, 2.45) is 5.92 Å². The number of fused-ring (bicyclic) bond motifs is 3. The smallest absolute Gasteiger partial charge is 0.411 e. The molecule has 2 aromatic carbocycles. The van der Waals surface area contributed by atoms with Crippen molar-refractivity contribution in [2.75, 3.05) is 25.0 Å². The molecule has 0 saturated carbocycles. The van der Waals surface area contributed by atoms with Crippen LogP contribution in [0.15, 0.2) is 36.4 Å². The van der Waals surface area contributed by atoms with E-state index in [2.05, 4.69) is 10.2 Å². The number of anilines is 1. The van der Waals surface area contributed by atoms with Crippen LogP contribution >= 0.6 is 11.6 Å². The molecule has 3 heterocycles.